The number of amides is 8. The number of nitrogens with one attached hydrogen (secondary N) is 4. The highest BCUT2D eigenvalue weighted by Crippen LogP contribution is 2.11. The molecule has 0 spiro atoms. The number of nitrogens with two attached hydrogens (primary N) is 3. The molecule has 2 atom stereocenters. The van der Waals surface area contributed by atoms with Crippen molar-refractivity contribution in [2.45, 2.75) is 85.7 Å². The first-order valence-electron chi connectivity index (χ1n) is 21.5. The average molecular weight is 1180 g/mol. The van der Waals surface area contributed by atoms with Crippen molar-refractivity contribution >= 4 is 134 Å². The summed E-state index contributed by atoms with van der Waals surface area (Å²) in [6.07, 6.45) is 8.67. The van der Waals surface area contributed by atoms with Crippen LogP contribution < -0.4 is 38.5 Å². The fourth-order valence-electron chi connectivity index (χ4n) is 5.12. The lowest BCUT2D eigenvalue weighted by atomic mass is 10.1. The van der Waals surface area contributed by atoms with E-state index in [0.717, 1.165) is 36.7 Å². The molecule has 2 rings (SSSR count). The van der Waals surface area contributed by atoms with Gasteiger partial charge in [-0.05, 0) is 92.8 Å². The Morgan fingerprint density at radius 3 is 1.10 bits per heavy atom. The monoisotopic (exact) mass is 1180 g/mol. The van der Waals surface area contributed by atoms with Gasteiger partial charge in [0.25, 0.3) is 23.6 Å². The van der Waals surface area contributed by atoms with Gasteiger partial charge in [-0.15, -0.1) is 0 Å². The molecular formula is C42H75N9O14P4S4. The molecule has 0 unspecified atom stereocenters. The Balaban J connectivity index is -0.000000367. The Morgan fingerprint density at radius 1 is 0.493 bits per heavy atom. The van der Waals surface area contributed by atoms with Crippen molar-refractivity contribution in [2.24, 2.45) is 17.2 Å². The van der Waals surface area contributed by atoms with Crippen LogP contribution in [0.3, 0.4) is 0 Å². The zero-order valence-corrected chi connectivity index (χ0v) is 45.6. The highest BCUT2D eigenvalue weighted by molar-refractivity contribution is 8.40. The van der Waals surface area contributed by atoms with Gasteiger partial charge in [-0.1, -0.05) is 22.3 Å². The maximum absolute atomic E-state index is 11.7. The maximum Gasteiger partial charge on any atom is 0.253 e. The molecule has 0 radical (unpaired) electrons. The third-order valence-corrected chi connectivity index (χ3v) is 13.4. The molecular weight excluding hydrogens is 1110 g/mol. The second-order valence-corrected chi connectivity index (χ2v) is 20.4. The van der Waals surface area contributed by atoms with E-state index in [4.69, 9.17) is 30.4 Å². The number of rotatable bonds is 37. The number of hydrogen-bond donors (Lipinski definition) is 7. The van der Waals surface area contributed by atoms with Crippen LogP contribution in [0.25, 0.3) is 0 Å². The molecule has 10 N–H and O–H groups in total. The van der Waals surface area contributed by atoms with Gasteiger partial charge in [0, 0.05) is 90.5 Å². The van der Waals surface area contributed by atoms with E-state index in [1.165, 1.54) is 31.4 Å². The van der Waals surface area contributed by atoms with Gasteiger partial charge in [-0.3, -0.25) is 57.7 Å². The van der Waals surface area contributed by atoms with Gasteiger partial charge >= 0.3 is 0 Å². The van der Waals surface area contributed by atoms with Crippen molar-refractivity contribution in [3.63, 3.8) is 0 Å². The zero-order chi connectivity index (χ0) is 53.0. The van der Waals surface area contributed by atoms with E-state index in [1.54, 1.807) is 0 Å². The number of imide groups is 2. The van der Waals surface area contributed by atoms with Crippen molar-refractivity contribution in [3.05, 3.63) is 24.3 Å². The third kappa shape index (κ3) is 43.7. The zero-order valence-electron chi connectivity index (χ0n) is 38.8. The Kier molecular flexibility index (Phi) is 57.8. The summed E-state index contributed by atoms with van der Waals surface area (Å²) in [6, 6.07) is -1.07. The number of hydrogen-bond acceptors (Lipinski definition) is 21. The summed E-state index contributed by atoms with van der Waals surface area (Å²) in [6.45, 7) is 2.91. The number of carbonyl (C=O) groups excluding carboxylic acids is 10. The lowest BCUT2D eigenvalue weighted by molar-refractivity contribution is -0.139. The largest absolute Gasteiger partial charge is 0.377 e. The van der Waals surface area contributed by atoms with Crippen molar-refractivity contribution in [1.82, 2.24) is 31.1 Å². The minimum Gasteiger partial charge on any atom is -0.377 e. The molecule has 2 aliphatic heterocycles. The molecule has 416 valence electrons. The molecule has 8 amide bonds. The Hall–Kier alpha value is -3.22. The van der Waals surface area contributed by atoms with Gasteiger partial charge < -0.3 is 57.4 Å². The maximum atomic E-state index is 11.7. The summed E-state index contributed by atoms with van der Waals surface area (Å²) >= 11 is 18.1. The van der Waals surface area contributed by atoms with Crippen LogP contribution in [-0.2, 0) is 114 Å². The summed E-state index contributed by atoms with van der Waals surface area (Å²) in [4.78, 5) is 117. The third-order valence-electron chi connectivity index (χ3n) is 8.65. The molecule has 0 aromatic heterocycles. The topological polar surface area (TPSA) is 340 Å². The van der Waals surface area contributed by atoms with Crippen molar-refractivity contribution < 1.29 is 66.9 Å². The number of ether oxygens (including phenoxy) is 4. The highest BCUT2D eigenvalue weighted by Gasteiger charge is 2.24. The predicted molar refractivity (Wildman–Crippen MR) is 297 cm³/mol. The Bertz CT molecular complexity index is 1640. The summed E-state index contributed by atoms with van der Waals surface area (Å²) in [5, 5.41) is 10.7. The number of unbranched alkanes of at least 4 members (excludes halogenated alkanes) is 2. The van der Waals surface area contributed by atoms with Crippen LogP contribution in [0.2, 0.25) is 0 Å². The molecule has 0 aromatic rings. The van der Waals surface area contributed by atoms with Gasteiger partial charge in [-0.2, -0.15) is 0 Å². The summed E-state index contributed by atoms with van der Waals surface area (Å²) in [5.41, 5.74) is 15.5. The smallest absolute Gasteiger partial charge is 0.253 e. The first kappa shape index (κ1) is 78.7. The first-order chi connectivity index (χ1) is 33.6. The molecule has 0 aliphatic carbocycles. The summed E-state index contributed by atoms with van der Waals surface area (Å²) in [5.74, 6) is -2.73. The van der Waals surface area contributed by atoms with Crippen LogP contribution in [0.15, 0.2) is 24.3 Å². The molecule has 0 saturated heterocycles. The van der Waals surface area contributed by atoms with E-state index >= 15 is 0 Å². The van der Waals surface area contributed by atoms with Crippen molar-refractivity contribution in [3.8, 4) is 0 Å². The second-order valence-electron chi connectivity index (χ2n) is 13.8. The van der Waals surface area contributed by atoms with E-state index < -0.39 is 35.7 Å². The van der Waals surface area contributed by atoms with Gasteiger partial charge in [0.2, 0.25) is 34.7 Å². The van der Waals surface area contributed by atoms with Gasteiger partial charge in [0.05, 0.1) is 66.4 Å². The molecule has 0 aromatic carbocycles. The summed E-state index contributed by atoms with van der Waals surface area (Å²) in [7, 11) is 3.74. The minimum absolute atomic E-state index is 0. The second kappa shape index (κ2) is 53.6. The van der Waals surface area contributed by atoms with Gasteiger partial charge in [0.1, 0.15) is 13.2 Å². The quantitative estimate of drug-likeness (QED) is 0.0261. The van der Waals surface area contributed by atoms with Crippen LogP contribution in [0, 0.1) is 0 Å². The van der Waals surface area contributed by atoms with Crippen LogP contribution in [-0.4, -0.2) is 179 Å². The van der Waals surface area contributed by atoms with E-state index in [0.29, 0.717) is 38.8 Å². The van der Waals surface area contributed by atoms with Gasteiger partial charge in [-0.25, -0.2) is 0 Å². The standard InChI is InChI=1S/2C19H29N4O7PS.CH5N.3CH4.P2S2/c2*20-14(19(28)31-32)3-1-2-7-21-16(25)13-30-12-11-29-10-8-22-15(24)6-9-23-17(26)4-5-18(23)27;1-2;;;;3-1-2-4/h2*4-5,14H,1-3,6-13,20H2,(H,21,25)(H,22,24);2H2,1H3;3*1H4;/t2*14-;;;;;/m00...../s1. The normalized spacial score (nSPS) is 12.9. The first-order valence-corrected chi connectivity index (χ1v) is 29.9. The molecule has 2 aliphatic rings. The van der Waals surface area contributed by atoms with Crippen LogP contribution >= 0.6 is 28.8 Å². The Morgan fingerprint density at radius 2 is 0.795 bits per heavy atom. The lowest BCUT2D eigenvalue weighted by Gasteiger charge is -2.13. The molecule has 2 heterocycles. The van der Waals surface area contributed by atoms with Crippen LogP contribution in [0.1, 0.15) is 73.6 Å². The number of carbonyl (C=O) groups is 10. The molecule has 0 bridgehead atoms. The SMILES string of the molecule is C.C.C.CN.N[C@@H](CCCCNC(=O)COCCOCCNC(=O)CCN1C(=O)C=CC1=O)C(=O)P=S.N[C@@H](CCCCNC(=O)COCCOCCNC(=O)CCN1C(=O)C=CC1=O)C(=O)P=S.S=PP=S. The van der Waals surface area contributed by atoms with E-state index in [9.17, 15) is 47.9 Å². The van der Waals surface area contributed by atoms with Crippen LogP contribution in [0.5, 0.6) is 0 Å². The predicted octanol–water partition coefficient (Wildman–Crippen LogP) is 1.20. The minimum atomic E-state index is -0.537. The fourth-order valence-corrected chi connectivity index (χ4v) is 6.46. The molecule has 23 nitrogen and oxygen atoms in total. The molecule has 0 fully saturated rings. The highest BCUT2D eigenvalue weighted by atomic mass is 32.7. The number of nitrogens with zero attached hydrogens (tertiary/aromatic N) is 2. The Labute approximate surface area is 456 Å². The van der Waals surface area contributed by atoms with Crippen molar-refractivity contribution in [2.75, 3.05) is 99.2 Å². The molecule has 73 heavy (non-hydrogen) atoms. The average Bonchev–Trinajstić information content (AvgIpc) is 3.87. The van der Waals surface area contributed by atoms with Crippen molar-refractivity contribution in [1.29, 1.82) is 0 Å². The molecule has 31 heteroatoms. The van der Waals surface area contributed by atoms with Gasteiger partial charge in [0.15, 0.2) is 0 Å². The van der Waals surface area contributed by atoms with E-state index in [2.05, 4.69) is 74.2 Å². The summed E-state index contributed by atoms with van der Waals surface area (Å²) < 4.78 is 21.0. The lowest BCUT2D eigenvalue weighted by Crippen LogP contribution is -2.35. The fraction of sp³-hybridized carbons (Fsp3) is 0.667. The molecule has 0 saturated carbocycles. The van der Waals surface area contributed by atoms with E-state index in [1.807, 2.05) is 0 Å². The van der Waals surface area contributed by atoms with E-state index in [-0.39, 0.29) is 164 Å². The van der Waals surface area contributed by atoms with Crippen LogP contribution in [0.4, 0.5) is 0 Å².